The summed E-state index contributed by atoms with van der Waals surface area (Å²) in [5.41, 5.74) is 0. The first kappa shape index (κ1) is 16.7. The van der Waals surface area contributed by atoms with Gasteiger partial charge in [0.2, 0.25) is 0 Å². The SMILES string of the molecule is COc1ccc(SC2([C@H](O)[C@H](C)CO)CCCCC2)cc1. The minimum atomic E-state index is -0.477. The van der Waals surface area contributed by atoms with Crippen LogP contribution in [0.2, 0.25) is 0 Å². The van der Waals surface area contributed by atoms with E-state index in [2.05, 4.69) is 12.1 Å². The first-order valence-corrected chi connectivity index (χ1v) is 8.55. The summed E-state index contributed by atoms with van der Waals surface area (Å²) in [5, 5.41) is 20.1. The average Bonchev–Trinajstić information content (AvgIpc) is 2.55. The molecule has 0 amide bonds. The van der Waals surface area contributed by atoms with Crippen molar-refractivity contribution in [2.75, 3.05) is 13.7 Å². The molecule has 0 radical (unpaired) electrons. The van der Waals surface area contributed by atoms with Crippen LogP contribution in [0.4, 0.5) is 0 Å². The second-order valence-electron chi connectivity index (χ2n) is 6.01. The van der Waals surface area contributed by atoms with E-state index in [1.54, 1.807) is 18.9 Å². The molecule has 1 saturated carbocycles. The van der Waals surface area contributed by atoms with E-state index in [9.17, 15) is 10.2 Å². The third-order valence-electron chi connectivity index (χ3n) is 4.45. The van der Waals surface area contributed by atoms with E-state index in [0.29, 0.717) is 0 Å². The molecule has 1 aromatic carbocycles. The molecule has 0 heterocycles. The van der Waals surface area contributed by atoms with Crippen molar-refractivity contribution in [1.82, 2.24) is 0 Å². The van der Waals surface area contributed by atoms with Gasteiger partial charge in [0, 0.05) is 22.2 Å². The predicted octanol–water partition coefficient (Wildman–Crippen LogP) is 3.48. The molecule has 0 aliphatic heterocycles. The molecule has 1 aliphatic rings. The normalized spacial score (nSPS) is 20.8. The van der Waals surface area contributed by atoms with E-state index in [0.717, 1.165) is 36.3 Å². The summed E-state index contributed by atoms with van der Waals surface area (Å²) >= 11 is 1.77. The van der Waals surface area contributed by atoms with Gasteiger partial charge >= 0.3 is 0 Å². The Kier molecular flexibility index (Phi) is 5.97. The van der Waals surface area contributed by atoms with E-state index in [1.165, 1.54) is 6.42 Å². The average molecular weight is 310 g/mol. The van der Waals surface area contributed by atoms with Gasteiger partial charge in [-0.25, -0.2) is 0 Å². The number of benzene rings is 1. The molecule has 21 heavy (non-hydrogen) atoms. The third-order valence-corrected chi connectivity index (χ3v) is 6.01. The third kappa shape index (κ3) is 3.93. The summed E-state index contributed by atoms with van der Waals surface area (Å²) in [6.07, 6.45) is 5.08. The molecule has 0 aromatic heterocycles. The Morgan fingerprint density at radius 2 is 1.81 bits per heavy atom. The quantitative estimate of drug-likeness (QED) is 0.844. The second-order valence-corrected chi connectivity index (χ2v) is 7.50. The van der Waals surface area contributed by atoms with Gasteiger partial charge in [-0.2, -0.15) is 0 Å². The summed E-state index contributed by atoms with van der Waals surface area (Å²) in [6.45, 7) is 1.96. The fraction of sp³-hybridized carbons (Fsp3) is 0.647. The molecule has 1 aliphatic carbocycles. The maximum Gasteiger partial charge on any atom is 0.118 e. The Morgan fingerprint density at radius 1 is 1.19 bits per heavy atom. The van der Waals surface area contributed by atoms with Crippen molar-refractivity contribution >= 4 is 11.8 Å². The van der Waals surface area contributed by atoms with Gasteiger partial charge in [-0.15, -0.1) is 11.8 Å². The maximum absolute atomic E-state index is 10.7. The molecule has 2 N–H and O–H groups in total. The molecule has 3 nitrogen and oxygen atoms in total. The van der Waals surface area contributed by atoms with Crippen molar-refractivity contribution in [2.24, 2.45) is 5.92 Å². The van der Waals surface area contributed by atoms with Crippen LogP contribution in [0.5, 0.6) is 5.75 Å². The lowest BCUT2D eigenvalue weighted by molar-refractivity contribution is 0.0333. The molecule has 4 heteroatoms. The van der Waals surface area contributed by atoms with Crippen LogP contribution < -0.4 is 4.74 Å². The predicted molar refractivity (Wildman–Crippen MR) is 86.9 cm³/mol. The van der Waals surface area contributed by atoms with Crippen LogP contribution in [0.1, 0.15) is 39.0 Å². The second kappa shape index (κ2) is 7.52. The standard InChI is InChI=1S/C17H26O3S/c1-13(12-18)16(19)17(10-4-3-5-11-17)21-15-8-6-14(20-2)7-9-15/h6-9,13,16,18-19H,3-5,10-12H2,1-2H3/t13-,16-/m1/s1. The largest absolute Gasteiger partial charge is 0.497 e. The van der Waals surface area contributed by atoms with Gasteiger partial charge in [0.05, 0.1) is 13.2 Å². The smallest absolute Gasteiger partial charge is 0.118 e. The van der Waals surface area contributed by atoms with Crippen LogP contribution in [0, 0.1) is 5.92 Å². The number of hydrogen-bond acceptors (Lipinski definition) is 4. The summed E-state index contributed by atoms with van der Waals surface area (Å²) in [7, 11) is 1.66. The van der Waals surface area contributed by atoms with E-state index in [-0.39, 0.29) is 17.3 Å². The minimum Gasteiger partial charge on any atom is -0.497 e. The van der Waals surface area contributed by atoms with E-state index in [4.69, 9.17) is 4.74 Å². The van der Waals surface area contributed by atoms with Crippen LogP contribution in [0.3, 0.4) is 0 Å². The van der Waals surface area contributed by atoms with Gasteiger partial charge in [-0.05, 0) is 37.1 Å². The van der Waals surface area contributed by atoms with Crippen molar-refractivity contribution in [1.29, 1.82) is 0 Å². The summed E-state index contributed by atoms with van der Waals surface area (Å²) in [5.74, 6) is 0.759. The zero-order valence-electron chi connectivity index (χ0n) is 12.9. The molecule has 1 aromatic rings. The highest BCUT2D eigenvalue weighted by molar-refractivity contribution is 8.00. The van der Waals surface area contributed by atoms with Gasteiger partial charge in [0.25, 0.3) is 0 Å². The summed E-state index contributed by atoms with van der Waals surface area (Å²) in [6, 6.07) is 8.02. The number of hydrogen-bond donors (Lipinski definition) is 2. The van der Waals surface area contributed by atoms with Crippen molar-refractivity contribution in [3.63, 3.8) is 0 Å². The zero-order chi connectivity index (χ0) is 15.3. The van der Waals surface area contributed by atoms with Gasteiger partial charge in [0.15, 0.2) is 0 Å². The lowest BCUT2D eigenvalue weighted by Crippen LogP contribution is -2.45. The van der Waals surface area contributed by atoms with Gasteiger partial charge < -0.3 is 14.9 Å². The fourth-order valence-corrected chi connectivity index (χ4v) is 4.69. The molecule has 0 bridgehead atoms. The number of thioether (sulfide) groups is 1. The summed E-state index contributed by atoms with van der Waals surface area (Å²) in [4.78, 5) is 1.15. The van der Waals surface area contributed by atoms with Crippen LogP contribution >= 0.6 is 11.8 Å². The van der Waals surface area contributed by atoms with Gasteiger partial charge in [0.1, 0.15) is 5.75 Å². The number of rotatable bonds is 6. The molecule has 118 valence electrons. The lowest BCUT2D eigenvalue weighted by atomic mass is 9.80. The fourth-order valence-electron chi connectivity index (χ4n) is 3.11. The number of ether oxygens (including phenoxy) is 1. The topological polar surface area (TPSA) is 49.7 Å². The molecular formula is C17H26O3S. The Morgan fingerprint density at radius 3 is 2.33 bits per heavy atom. The minimum absolute atomic E-state index is 0.0338. The van der Waals surface area contributed by atoms with E-state index >= 15 is 0 Å². The highest BCUT2D eigenvalue weighted by Crippen LogP contribution is 2.48. The molecule has 0 saturated heterocycles. The molecule has 1 fully saturated rings. The molecule has 0 unspecified atom stereocenters. The van der Waals surface area contributed by atoms with Crippen molar-refractivity contribution in [2.45, 2.75) is 54.8 Å². The highest BCUT2D eigenvalue weighted by atomic mass is 32.2. The van der Waals surface area contributed by atoms with Crippen LogP contribution in [0.25, 0.3) is 0 Å². The Labute approximate surface area is 131 Å². The van der Waals surface area contributed by atoms with Gasteiger partial charge in [-0.1, -0.05) is 26.2 Å². The van der Waals surface area contributed by atoms with E-state index in [1.807, 2.05) is 19.1 Å². The summed E-state index contributed by atoms with van der Waals surface area (Å²) < 4.78 is 5.02. The molecule has 2 rings (SSSR count). The van der Waals surface area contributed by atoms with Crippen molar-refractivity contribution < 1.29 is 14.9 Å². The monoisotopic (exact) mass is 310 g/mol. The first-order valence-electron chi connectivity index (χ1n) is 7.73. The highest BCUT2D eigenvalue weighted by Gasteiger charge is 2.42. The number of aliphatic hydroxyl groups is 2. The maximum atomic E-state index is 10.7. The Balaban J connectivity index is 2.18. The molecule has 0 spiro atoms. The number of aliphatic hydroxyl groups excluding tert-OH is 2. The Bertz CT molecular complexity index is 426. The Hall–Kier alpha value is -0.710. The van der Waals surface area contributed by atoms with Gasteiger partial charge in [-0.3, -0.25) is 0 Å². The first-order chi connectivity index (χ1) is 10.1. The van der Waals surface area contributed by atoms with Crippen LogP contribution in [0.15, 0.2) is 29.2 Å². The van der Waals surface area contributed by atoms with Crippen LogP contribution in [-0.4, -0.2) is 34.8 Å². The molecule has 2 atom stereocenters. The number of methoxy groups -OCH3 is 1. The van der Waals surface area contributed by atoms with E-state index < -0.39 is 6.10 Å². The lowest BCUT2D eigenvalue weighted by Gasteiger charge is -2.42. The van der Waals surface area contributed by atoms with Crippen molar-refractivity contribution in [3.8, 4) is 5.75 Å². The van der Waals surface area contributed by atoms with Crippen molar-refractivity contribution in [3.05, 3.63) is 24.3 Å². The molecular weight excluding hydrogens is 284 g/mol. The zero-order valence-corrected chi connectivity index (χ0v) is 13.7. The van der Waals surface area contributed by atoms with Crippen LogP contribution in [-0.2, 0) is 0 Å².